The Labute approximate surface area is 150 Å². The van der Waals surface area contributed by atoms with Gasteiger partial charge in [-0.3, -0.25) is 9.69 Å². The average molecular weight is 367 g/mol. The van der Waals surface area contributed by atoms with Crippen LogP contribution in [-0.4, -0.2) is 86.9 Å². The lowest BCUT2D eigenvalue weighted by Gasteiger charge is -2.46. The predicted molar refractivity (Wildman–Crippen MR) is 91.7 cm³/mol. The number of fused-ring (bicyclic) bond motifs is 1. The van der Waals surface area contributed by atoms with Crippen molar-refractivity contribution >= 4 is 17.8 Å². The molecule has 0 spiro atoms. The minimum Gasteiger partial charge on any atom is -0.477 e. The number of aliphatic imine (C=N–C) groups is 1. The van der Waals surface area contributed by atoms with Crippen molar-refractivity contribution in [2.75, 3.05) is 19.6 Å². The Morgan fingerprint density at radius 2 is 2.04 bits per heavy atom. The molecular formula is C16H25N5O5. The first-order chi connectivity index (χ1) is 12.1. The fourth-order valence-corrected chi connectivity index (χ4v) is 4.39. The van der Waals surface area contributed by atoms with E-state index >= 15 is 0 Å². The molecule has 26 heavy (non-hydrogen) atoms. The number of nitrogens with two attached hydrogens (primary N) is 2. The van der Waals surface area contributed by atoms with Crippen molar-refractivity contribution in [2.24, 2.45) is 28.3 Å². The fraction of sp³-hybridized carbons (Fsp3) is 0.688. The van der Waals surface area contributed by atoms with E-state index in [0.717, 1.165) is 0 Å². The molecule has 0 saturated carbocycles. The number of rotatable bonds is 5. The van der Waals surface area contributed by atoms with Crippen LogP contribution in [-0.2, 0) is 9.59 Å². The summed E-state index contributed by atoms with van der Waals surface area (Å²) in [6, 6.07) is -0.806. The number of aliphatic hydroxyl groups is 2. The maximum atomic E-state index is 12.3. The van der Waals surface area contributed by atoms with Gasteiger partial charge in [0.2, 0.25) is 5.91 Å². The normalized spacial score (nSPS) is 35.3. The van der Waals surface area contributed by atoms with Crippen LogP contribution in [0.15, 0.2) is 16.3 Å². The van der Waals surface area contributed by atoms with Gasteiger partial charge in [-0.2, -0.15) is 0 Å². The highest BCUT2D eigenvalue weighted by Gasteiger charge is 2.59. The van der Waals surface area contributed by atoms with Crippen LogP contribution in [0.25, 0.3) is 0 Å². The van der Waals surface area contributed by atoms with Crippen molar-refractivity contribution in [1.82, 2.24) is 9.80 Å². The first kappa shape index (κ1) is 18.6. The Balaban J connectivity index is 1.82. The highest BCUT2D eigenvalue weighted by Crippen LogP contribution is 2.47. The number of β-lactam (4-membered cyclic amide) rings is 1. The van der Waals surface area contributed by atoms with Gasteiger partial charge >= 0.3 is 5.97 Å². The van der Waals surface area contributed by atoms with E-state index < -0.39 is 30.1 Å². The van der Waals surface area contributed by atoms with Crippen molar-refractivity contribution in [3.63, 3.8) is 0 Å². The maximum Gasteiger partial charge on any atom is 0.352 e. The lowest BCUT2D eigenvalue weighted by molar-refractivity contribution is -0.163. The first-order valence-electron chi connectivity index (χ1n) is 8.60. The minimum atomic E-state index is -1.16. The number of nitrogens with zero attached hydrogens (tertiary/aromatic N) is 3. The van der Waals surface area contributed by atoms with E-state index in [4.69, 9.17) is 11.5 Å². The second kappa shape index (κ2) is 6.53. The number of guanidine groups is 1. The molecule has 2 fully saturated rings. The maximum absolute atomic E-state index is 12.3. The summed E-state index contributed by atoms with van der Waals surface area (Å²) >= 11 is 0. The van der Waals surface area contributed by atoms with Crippen molar-refractivity contribution in [3.8, 4) is 0 Å². The van der Waals surface area contributed by atoms with Crippen LogP contribution in [0, 0.1) is 11.8 Å². The number of carboxylic acids is 1. The average Bonchev–Trinajstić information content (AvgIpc) is 2.96. The van der Waals surface area contributed by atoms with E-state index in [-0.39, 0.29) is 29.5 Å². The molecule has 1 amide bonds. The summed E-state index contributed by atoms with van der Waals surface area (Å²) in [6.45, 7) is 4.40. The summed E-state index contributed by atoms with van der Waals surface area (Å²) in [5.74, 6) is -2.41. The van der Waals surface area contributed by atoms with E-state index in [1.807, 2.05) is 11.8 Å². The molecule has 144 valence electrons. The van der Waals surface area contributed by atoms with Gasteiger partial charge in [0, 0.05) is 25.6 Å². The Hall–Kier alpha value is -2.17. The summed E-state index contributed by atoms with van der Waals surface area (Å²) in [4.78, 5) is 31.3. The molecule has 2 unspecified atom stereocenters. The number of aliphatic hydroxyl groups excluding tert-OH is 2. The number of aliphatic carboxylic acids is 1. The monoisotopic (exact) mass is 367 g/mol. The zero-order valence-corrected chi connectivity index (χ0v) is 14.7. The van der Waals surface area contributed by atoms with Crippen LogP contribution >= 0.6 is 0 Å². The molecule has 3 aliphatic heterocycles. The summed E-state index contributed by atoms with van der Waals surface area (Å²) in [6.07, 6.45) is -1.58. The number of amides is 1. The molecular weight excluding hydrogens is 342 g/mol. The molecule has 0 aliphatic carbocycles. The fourth-order valence-electron chi connectivity index (χ4n) is 4.39. The Bertz CT molecular complexity index is 687. The number of hydrogen-bond acceptors (Lipinski definition) is 6. The first-order valence-corrected chi connectivity index (χ1v) is 8.60. The largest absolute Gasteiger partial charge is 0.477 e. The molecule has 0 bridgehead atoms. The summed E-state index contributed by atoms with van der Waals surface area (Å²) < 4.78 is 0. The molecule has 10 heteroatoms. The van der Waals surface area contributed by atoms with Gasteiger partial charge in [0.15, 0.2) is 5.96 Å². The molecule has 3 rings (SSSR count). The Morgan fingerprint density at radius 3 is 2.58 bits per heavy atom. The van der Waals surface area contributed by atoms with Crippen LogP contribution in [0.4, 0.5) is 0 Å². The highest BCUT2D eigenvalue weighted by molar-refractivity contribution is 6.00. The van der Waals surface area contributed by atoms with Gasteiger partial charge in [0.05, 0.1) is 30.2 Å². The van der Waals surface area contributed by atoms with Crippen molar-refractivity contribution in [3.05, 3.63) is 11.3 Å². The highest BCUT2D eigenvalue weighted by atomic mass is 16.4. The smallest absolute Gasteiger partial charge is 0.352 e. The zero-order chi connectivity index (χ0) is 19.3. The molecule has 0 aromatic rings. The summed E-state index contributed by atoms with van der Waals surface area (Å²) in [7, 11) is 0. The second-order valence-corrected chi connectivity index (χ2v) is 7.32. The van der Waals surface area contributed by atoms with Gasteiger partial charge in [-0.15, -0.1) is 0 Å². The third-order valence-electron chi connectivity index (χ3n) is 5.56. The van der Waals surface area contributed by atoms with Crippen LogP contribution < -0.4 is 11.5 Å². The van der Waals surface area contributed by atoms with Gasteiger partial charge in [0.25, 0.3) is 0 Å². The molecule has 3 aliphatic rings. The van der Waals surface area contributed by atoms with Crippen LogP contribution in [0.2, 0.25) is 0 Å². The van der Waals surface area contributed by atoms with Crippen molar-refractivity contribution in [1.29, 1.82) is 0 Å². The van der Waals surface area contributed by atoms with Gasteiger partial charge in [-0.05, 0) is 12.5 Å². The number of likely N-dealkylation sites (tertiary alicyclic amines) is 1. The molecule has 10 nitrogen and oxygen atoms in total. The van der Waals surface area contributed by atoms with Gasteiger partial charge < -0.3 is 31.7 Å². The van der Waals surface area contributed by atoms with Gasteiger partial charge in [0.1, 0.15) is 5.70 Å². The van der Waals surface area contributed by atoms with Crippen LogP contribution in [0.3, 0.4) is 0 Å². The molecule has 6 atom stereocenters. The van der Waals surface area contributed by atoms with Crippen molar-refractivity contribution in [2.45, 2.75) is 38.1 Å². The van der Waals surface area contributed by atoms with Gasteiger partial charge in [-0.1, -0.05) is 6.92 Å². The van der Waals surface area contributed by atoms with E-state index in [1.54, 1.807) is 6.92 Å². The quantitative estimate of drug-likeness (QED) is 0.202. The van der Waals surface area contributed by atoms with Crippen LogP contribution in [0.5, 0.6) is 0 Å². The molecule has 0 aromatic carbocycles. The van der Waals surface area contributed by atoms with Crippen molar-refractivity contribution < 1.29 is 24.9 Å². The number of carboxylic acid groups (broad SMARTS) is 1. The number of carbonyl (C=O) groups excluding carboxylic acids is 1. The lowest BCUT2D eigenvalue weighted by atomic mass is 9.77. The molecule has 0 radical (unpaired) electrons. The third-order valence-corrected chi connectivity index (χ3v) is 5.56. The molecule has 3 heterocycles. The lowest BCUT2D eigenvalue weighted by Crippen LogP contribution is -2.63. The standard InChI is InChI=1S/C16H25N5O5/c1-6-8(3-20-4-9(10(23)5-20)19-16(17)18)13(15(25)26)21-12(6)11(7(2)22)14(21)24/h6-7,9-12,22-23H,3-5H2,1-2H3,(H,25,26)(H4,17,18,19)/t6-,7+,9?,10-,11?,12+/m0/s1. The Morgan fingerprint density at radius 1 is 1.38 bits per heavy atom. The topological polar surface area (TPSA) is 166 Å². The molecule has 7 N–H and O–H groups in total. The third kappa shape index (κ3) is 2.83. The summed E-state index contributed by atoms with van der Waals surface area (Å²) in [5.41, 5.74) is 11.4. The van der Waals surface area contributed by atoms with E-state index in [1.165, 1.54) is 4.90 Å². The minimum absolute atomic E-state index is 0.0100. The van der Waals surface area contributed by atoms with Gasteiger partial charge in [-0.25, -0.2) is 9.79 Å². The Kier molecular flexibility index (Phi) is 4.67. The molecule has 2 saturated heterocycles. The predicted octanol–water partition coefficient (Wildman–Crippen LogP) is -2.50. The van der Waals surface area contributed by atoms with E-state index in [9.17, 15) is 24.9 Å². The number of β-amino-alcohol motifs (C(OH)–C–C–N with tert-alkyl or cyclic N) is 1. The molecule has 0 aromatic heterocycles. The summed E-state index contributed by atoms with van der Waals surface area (Å²) in [5, 5.41) is 29.6. The van der Waals surface area contributed by atoms with E-state index in [2.05, 4.69) is 4.99 Å². The number of carbonyl (C=O) groups is 2. The SMILES string of the molecule is C[C@@H](O)C1C(=O)N2C(C(=O)O)=C(CN3CC(N=C(N)N)[C@@H](O)C3)[C@H](C)[C@H]12. The van der Waals surface area contributed by atoms with Crippen LogP contribution in [0.1, 0.15) is 13.8 Å². The second-order valence-electron chi connectivity index (χ2n) is 7.32. The van der Waals surface area contributed by atoms with E-state index in [0.29, 0.717) is 25.2 Å². The zero-order valence-electron chi connectivity index (χ0n) is 14.7. The number of hydrogen-bond donors (Lipinski definition) is 5.